The molecule has 0 aliphatic carbocycles. The maximum atomic E-state index is 13.8. The van der Waals surface area contributed by atoms with Crippen molar-refractivity contribution in [2.75, 3.05) is 0 Å². The van der Waals surface area contributed by atoms with Crippen LogP contribution in [0.25, 0.3) is 11.1 Å². The van der Waals surface area contributed by atoms with Crippen molar-refractivity contribution in [1.82, 2.24) is 0 Å². The van der Waals surface area contributed by atoms with Gasteiger partial charge in [0.05, 0.1) is 0 Å². The molecule has 2 aromatic rings. The van der Waals surface area contributed by atoms with Gasteiger partial charge < -0.3 is 4.74 Å². The SMILES string of the molecule is Cc1cccc(C)c1-c1cc(F)cc2c1OC(C)C2. The van der Waals surface area contributed by atoms with E-state index in [0.717, 1.165) is 40.0 Å². The van der Waals surface area contributed by atoms with Crippen LogP contribution >= 0.6 is 0 Å². The second-order valence-corrected chi connectivity index (χ2v) is 5.34. The number of hydrogen-bond acceptors (Lipinski definition) is 1. The standard InChI is InChI=1S/C17H17FO/c1-10-5-4-6-11(2)16(10)15-9-14(18)8-13-7-12(3)19-17(13)15/h4-6,8-9,12H,7H2,1-3H3. The number of hydrogen-bond donors (Lipinski definition) is 0. The third-order valence-corrected chi connectivity index (χ3v) is 3.71. The fourth-order valence-electron chi connectivity index (χ4n) is 2.92. The molecular weight excluding hydrogens is 239 g/mol. The maximum absolute atomic E-state index is 13.8. The lowest BCUT2D eigenvalue weighted by Crippen LogP contribution is -2.05. The molecule has 19 heavy (non-hydrogen) atoms. The van der Waals surface area contributed by atoms with Gasteiger partial charge in [-0.05, 0) is 49.6 Å². The monoisotopic (exact) mass is 256 g/mol. The van der Waals surface area contributed by atoms with Gasteiger partial charge in [0, 0.05) is 17.5 Å². The average molecular weight is 256 g/mol. The highest BCUT2D eigenvalue weighted by molar-refractivity contribution is 5.78. The van der Waals surface area contributed by atoms with E-state index in [1.165, 1.54) is 0 Å². The van der Waals surface area contributed by atoms with Crippen LogP contribution in [0.3, 0.4) is 0 Å². The first-order valence-corrected chi connectivity index (χ1v) is 6.62. The van der Waals surface area contributed by atoms with Crippen molar-refractivity contribution in [3.8, 4) is 16.9 Å². The molecule has 98 valence electrons. The summed E-state index contributed by atoms with van der Waals surface area (Å²) in [6.07, 6.45) is 0.908. The fourth-order valence-corrected chi connectivity index (χ4v) is 2.92. The Kier molecular flexibility index (Phi) is 2.81. The van der Waals surface area contributed by atoms with Crippen LogP contribution in [0.15, 0.2) is 30.3 Å². The molecule has 1 nitrogen and oxygen atoms in total. The van der Waals surface area contributed by atoms with Crippen LogP contribution in [-0.4, -0.2) is 6.10 Å². The predicted octanol–water partition coefficient (Wildman–Crippen LogP) is 4.43. The van der Waals surface area contributed by atoms with E-state index in [4.69, 9.17) is 4.74 Å². The Hall–Kier alpha value is -1.83. The van der Waals surface area contributed by atoms with Crippen LogP contribution in [-0.2, 0) is 6.42 Å². The molecule has 0 saturated carbocycles. The summed E-state index contributed by atoms with van der Waals surface area (Å²) in [5, 5.41) is 0. The molecule has 0 saturated heterocycles. The molecule has 1 atom stereocenters. The largest absolute Gasteiger partial charge is 0.489 e. The summed E-state index contributed by atoms with van der Waals surface area (Å²) in [6.45, 7) is 6.13. The normalized spacial score (nSPS) is 17.2. The van der Waals surface area contributed by atoms with E-state index >= 15 is 0 Å². The molecule has 1 unspecified atom stereocenters. The number of halogens is 1. The van der Waals surface area contributed by atoms with Crippen molar-refractivity contribution >= 4 is 0 Å². The summed E-state index contributed by atoms with van der Waals surface area (Å²) in [4.78, 5) is 0. The molecule has 0 bridgehead atoms. The first kappa shape index (κ1) is 12.2. The highest BCUT2D eigenvalue weighted by Gasteiger charge is 2.25. The molecule has 0 aromatic heterocycles. The first-order chi connectivity index (χ1) is 9.06. The van der Waals surface area contributed by atoms with E-state index < -0.39 is 0 Å². The van der Waals surface area contributed by atoms with Crippen LogP contribution < -0.4 is 4.74 Å². The molecule has 2 aromatic carbocycles. The molecule has 0 N–H and O–H groups in total. The van der Waals surface area contributed by atoms with Crippen molar-refractivity contribution in [2.45, 2.75) is 33.3 Å². The lowest BCUT2D eigenvalue weighted by Gasteiger charge is -2.14. The Morgan fingerprint density at radius 1 is 1.16 bits per heavy atom. The average Bonchev–Trinajstić information content (AvgIpc) is 2.69. The summed E-state index contributed by atoms with van der Waals surface area (Å²) in [5.74, 6) is 0.667. The molecule has 2 heteroatoms. The van der Waals surface area contributed by atoms with Crippen LogP contribution in [0.5, 0.6) is 5.75 Å². The van der Waals surface area contributed by atoms with Crippen molar-refractivity contribution in [3.05, 3.63) is 52.8 Å². The molecular formula is C17H17FO. The molecule has 3 rings (SSSR count). The van der Waals surface area contributed by atoms with Gasteiger partial charge in [-0.25, -0.2) is 4.39 Å². The zero-order valence-corrected chi connectivity index (χ0v) is 11.5. The smallest absolute Gasteiger partial charge is 0.131 e. The third-order valence-electron chi connectivity index (χ3n) is 3.71. The summed E-state index contributed by atoms with van der Waals surface area (Å²) in [6, 6.07) is 9.31. The number of aryl methyl sites for hydroxylation is 2. The minimum Gasteiger partial charge on any atom is -0.489 e. The Bertz CT molecular complexity index is 626. The van der Waals surface area contributed by atoms with Crippen LogP contribution in [0, 0.1) is 19.7 Å². The summed E-state index contributed by atoms with van der Waals surface area (Å²) < 4.78 is 19.7. The predicted molar refractivity (Wildman–Crippen MR) is 75.1 cm³/mol. The Morgan fingerprint density at radius 3 is 2.53 bits per heavy atom. The molecule has 1 aliphatic heterocycles. The van der Waals surface area contributed by atoms with Gasteiger partial charge in [-0.2, -0.15) is 0 Å². The van der Waals surface area contributed by atoms with E-state index in [9.17, 15) is 4.39 Å². The van der Waals surface area contributed by atoms with E-state index in [1.54, 1.807) is 12.1 Å². The molecule has 0 fully saturated rings. The van der Waals surface area contributed by atoms with Gasteiger partial charge in [-0.1, -0.05) is 18.2 Å². The van der Waals surface area contributed by atoms with Crippen molar-refractivity contribution < 1.29 is 9.13 Å². The summed E-state index contributed by atoms with van der Waals surface area (Å²) >= 11 is 0. The lowest BCUT2D eigenvalue weighted by atomic mass is 9.93. The molecule has 1 heterocycles. The van der Waals surface area contributed by atoms with E-state index in [2.05, 4.69) is 26.0 Å². The maximum Gasteiger partial charge on any atom is 0.131 e. The molecule has 0 amide bonds. The quantitative estimate of drug-likeness (QED) is 0.733. The van der Waals surface area contributed by atoms with Gasteiger partial charge in [0.15, 0.2) is 0 Å². The van der Waals surface area contributed by atoms with Gasteiger partial charge in [-0.3, -0.25) is 0 Å². The van der Waals surface area contributed by atoms with E-state index in [0.29, 0.717) is 0 Å². The molecule has 1 aliphatic rings. The second kappa shape index (κ2) is 4.37. The van der Waals surface area contributed by atoms with E-state index in [-0.39, 0.29) is 11.9 Å². The Labute approximate surface area is 113 Å². The molecule has 0 radical (unpaired) electrons. The number of rotatable bonds is 1. The zero-order valence-electron chi connectivity index (χ0n) is 11.5. The van der Waals surface area contributed by atoms with Crippen LogP contribution in [0.4, 0.5) is 4.39 Å². The fraction of sp³-hybridized carbons (Fsp3) is 0.294. The van der Waals surface area contributed by atoms with Gasteiger partial charge in [0.2, 0.25) is 0 Å². The second-order valence-electron chi connectivity index (χ2n) is 5.34. The van der Waals surface area contributed by atoms with Gasteiger partial charge in [0.1, 0.15) is 17.7 Å². The van der Waals surface area contributed by atoms with Gasteiger partial charge in [-0.15, -0.1) is 0 Å². The van der Waals surface area contributed by atoms with Crippen molar-refractivity contribution in [1.29, 1.82) is 0 Å². The first-order valence-electron chi connectivity index (χ1n) is 6.62. The third kappa shape index (κ3) is 2.01. The Morgan fingerprint density at radius 2 is 1.84 bits per heavy atom. The number of fused-ring (bicyclic) bond motifs is 1. The highest BCUT2D eigenvalue weighted by Crippen LogP contribution is 2.41. The van der Waals surface area contributed by atoms with Crippen LogP contribution in [0.2, 0.25) is 0 Å². The summed E-state index contributed by atoms with van der Waals surface area (Å²) in [7, 11) is 0. The van der Waals surface area contributed by atoms with Gasteiger partial charge in [0.25, 0.3) is 0 Å². The van der Waals surface area contributed by atoms with Crippen molar-refractivity contribution in [3.63, 3.8) is 0 Å². The minimum atomic E-state index is -0.186. The van der Waals surface area contributed by atoms with Crippen LogP contribution in [0.1, 0.15) is 23.6 Å². The Balaban J connectivity index is 2.27. The zero-order chi connectivity index (χ0) is 13.6. The van der Waals surface area contributed by atoms with E-state index in [1.807, 2.05) is 13.0 Å². The molecule has 0 spiro atoms. The van der Waals surface area contributed by atoms with Crippen molar-refractivity contribution in [2.24, 2.45) is 0 Å². The topological polar surface area (TPSA) is 9.23 Å². The number of ether oxygens (including phenoxy) is 1. The van der Waals surface area contributed by atoms with Gasteiger partial charge >= 0.3 is 0 Å². The lowest BCUT2D eigenvalue weighted by molar-refractivity contribution is 0.255. The number of benzene rings is 2. The highest BCUT2D eigenvalue weighted by atomic mass is 19.1. The minimum absolute atomic E-state index is 0.125. The summed E-state index contributed by atoms with van der Waals surface area (Å²) in [5.41, 5.74) is 5.25.